The molecule has 2 N–H and O–H groups in total. The highest BCUT2D eigenvalue weighted by molar-refractivity contribution is 4.86. The number of hydrogen-bond donors (Lipinski definition) is 2. The second-order valence-corrected chi connectivity index (χ2v) is 3.23. The van der Waals surface area contributed by atoms with Crippen LogP contribution in [-0.2, 0) is 0 Å². The Morgan fingerprint density at radius 3 is 2.56 bits per heavy atom. The average molecular weight is 130 g/mol. The van der Waals surface area contributed by atoms with Gasteiger partial charge in [-0.3, -0.25) is 0 Å². The maximum absolute atomic E-state index is 9.42. The van der Waals surface area contributed by atoms with Gasteiger partial charge in [-0.15, -0.1) is 0 Å². The Kier molecular flexibility index (Phi) is 1.78. The first-order valence-electron chi connectivity index (χ1n) is 3.49. The first-order chi connectivity index (χ1) is 4.16. The summed E-state index contributed by atoms with van der Waals surface area (Å²) in [4.78, 5) is 0. The zero-order valence-corrected chi connectivity index (χ0v) is 5.80. The predicted molar refractivity (Wildman–Crippen MR) is 35.1 cm³/mol. The van der Waals surface area contributed by atoms with Crippen LogP contribution in [0.5, 0.6) is 0 Å². The molecule has 0 heterocycles. The minimum atomic E-state index is -0.737. The third-order valence-electron chi connectivity index (χ3n) is 2.13. The summed E-state index contributed by atoms with van der Waals surface area (Å²) in [6.45, 7) is 2.03. The molecule has 0 aromatic carbocycles. The van der Waals surface area contributed by atoms with Crippen LogP contribution in [0.4, 0.5) is 0 Å². The average Bonchev–Trinajstić information content (AvgIpc) is 2.13. The summed E-state index contributed by atoms with van der Waals surface area (Å²) in [7, 11) is 0. The van der Waals surface area contributed by atoms with Crippen molar-refractivity contribution in [1.82, 2.24) is 0 Å². The van der Waals surface area contributed by atoms with Crippen molar-refractivity contribution in [3.63, 3.8) is 0 Å². The summed E-state index contributed by atoms with van der Waals surface area (Å²) in [5.74, 6) is 0.585. The summed E-state index contributed by atoms with van der Waals surface area (Å²) < 4.78 is 0. The molecule has 1 rings (SSSR count). The molecule has 0 aromatic heterocycles. The molecule has 2 heteroatoms. The number of aliphatic hydroxyl groups excluding tert-OH is 1. The summed E-state index contributed by atoms with van der Waals surface area (Å²) in [6.07, 6.45) is 2.59. The molecular weight excluding hydrogens is 116 g/mol. The van der Waals surface area contributed by atoms with Crippen molar-refractivity contribution in [2.45, 2.75) is 31.8 Å². The highest BCUT2D eigenvalue weighted by atomic mass is 16.3. The number of rotatable bonds is 1. The van der Waals surface area contributed by atoms with Crippen LogP contribution < -0.4 is 0 Å². The van der Waals surface area contributed by atoms with Crippen LogP contribution in [-0.4, -0.2) is 22.4 Å². The van der Waals surface area contributed by atoms with Crippen LogP contribution in [0.2, 0.25) is 0 Å². The minimum absolute atomic E-state index is 0.0721. The zero-order chi connectivity index (χ0) is 6.91. The van der Waals surface area contributed by atoms with Gasteiger partial charge in [0.15, 0.2) is 0 Å². The van der Waals surface area contributed by atoms with Crippen LogP contribution in [0.3, 0.4) is 0 Å². The fourth-order valence-corrected chi connectivity index (χ4v) is 1.51. The molecule has 0 aliphatic heterocycles. The Hall–Kier alpha value is -0.0800. The molecule has 0 amide bonds. The topological polar surface area (TPSA) is 40.5 Å². The SMILES string of the molecule is C[C@H]1CC[C@](O)(CO)C1. The van der Waals surface area contributed by atoms with Gasteiger partial charge in [-0.2, -0.15) is 0 Å². The molecule has 54 valence electrons. The zero-order valence-electron chi connectivity index (χ0n) is 5.80. The Morgan fingerprint density at radius 1 is 1.67 bits per heavy atom. The largest absolute Gasteiger partial charge is 0.393 e. The highest BCUT2D eigenvalue weighted by Crippen LogP contribution is 2.33. The standard InChI is InChI=1S/C7H14O2/c1-6-2-3-7(9,4-6)5-8/h6,8-9H,2-5H2,1H3/t6-,7+/m0/s1. The van der Waals surface area contributed by atoms with E-state index in [9.17, 15) is 5.11 Å². The van der Waals surface area contributed by atoms with Crippen molar-refractivity contribution < 1.29 is 10.2 Å². The quantitative estimate of drug-likeness (QED) is 0.543. The Bertz CT molecular complexity index is 103. The van der Waals surface area contributed by atoms with Crippen molar-refractivity contribution in [3.8, 4) is 0 Å². The van der Waals surface area contributed by atoms with Gasteiger partial charge in [-0.05, 0) is 25.2 Å². The molecule has 0 unspecified atom stereocenters. The lowest BCUT2D eigenvalue weighted by Crippen LogP contribution is -2.29. The predicted octanol–water partition coefficient (Wildman–Crippen LogP) is 0.530. The van der Waals surface area contributed by atoms with Crippen molar-refractivity contribution in [2.75, 3.05) is 6.61 Å². The van der Waals surface area contributed by atoms with Crippen LogP contribution >= 0.6 is 0 Å². The molecule has 0 aromatic rings. The van der Waals surface area contributed by atoms with E-state index in [1.807, 2.05) is 0 Å². The molecule has 0 saturated heterocycles. The van der Waals surface area contributed by atoms with Gasteiger partial charge in [0.1, 0.15) is 0 Å². The summed E-state index contributed by atoms with van der Waals surface area (Å²) in [5.41, 5.74) is -0.737. The van der Waals surface area contributed by atoms with E-state index >= 15 is 0 Å². The number of aliphatic hydroxyl groups is 2. The van der Waals surface area contributed by atoms with E-state index in [1.54, 1.807) is 0 Å². The fourth-order valence-electron chi connectivity index (χ4n) is 1.51. The van der Waals surface area contributed by atoms with Crippen molar-refractivity contribution >= 4 is 0 Å². The third-order valence-corrected chi connectivity index (χ3v) is 2.13. The molecule has 2 atom stereocenters. The van der Waals surface area contributed by atoms with Crippen LogP contribution in [0.1, 0.15) is 26.2 Å². The molecule has 1 aliphatic carbocycles. The smallest absolute Gasteiger partial charge is 0.0880 e. The van der Waals surface area contributed by atoms with Gasteiger partial charge >= 0.3 is 0 Å². The van der Waals surface area contributed by atoms with Gasteiger partial charge in [0.05, 0.1) is 12.2 Å². The van der Waals surface area contributed by atoms with Gasteiger partial charge in [-0.1, -0.05) is 6.92 Å². The second kappa shape index (κ2) is 2.27. The molecule has 0 bridgehead atoms. The van der Waals surface area contributed by atoms with E-state index in [0.29, 0.717) is 5.92 Å². The van der Waals surface area contributed by atoms with Crippen molar-refractivity contribution in [2.24, 2.45) is 5.92 Å². The molecule has 2 nitrogen and oxygen atoms in total. The van der Waals surface area contributed by atoms with Crippen LogP contribution in [0.15, 0.2) is 0 Å². The van der Waals surface area contributed by atoms with Gasteiger partial charge in [0.25, 0.3) is 0 Å². The molecule has 1 aliphatic rings. The fraction of sp³-hybridized carbons (Fsp3) is 1.00. The monoisotopic (exact) mass is 130 g/mol. The van der Waals surface area contributed by atoms with E-state index in [1.165, 1.54) is 0 Å². The highest BCUT2D eigenvalue weighted by Gasteiger charge is 2.34. The van der Waals surface area contributed by atoms with E-state index in [4.69, 9.17) is 5.11 Å². The maximum atomic E-state index is 9.42. The Morgan fingerprint density at radius 2 is 2.33 bits per heavy atom. The molecule has 9 heavy (non-hydrogen) atoms. The van der Waals surface area contributed by atoms with Crippen molar-refractivity contribution in [3.05, 3.63) is 0 Å². The van der Waals surface area contributed by atoms with Gasteiger partial charge in [0.2, 0.25) is 0 Å². The van der Waals surface area contributed by atoms with Gasteiger partial charge in [-0.25, -0.2) is 0 Å². The van der Waals surface area contributed by atoms with Crippen molar-refractivity contribution in [1.29, 1.82) is 0 Å². The first kappa shape index (κ1) is 7.03. The molecule has 1 fully saturated rings. The third kappa shape index (κ3) is 1.43. The molecule has 0 spiro atoms. The summed E-state index contributed by atoms with van der Waals surface area (Å²) in [5, 5.41) is 18.1. The Labute approximate surface area is 55.5 Å². The molecule has 1 saturated carbocycles. The Balaban J connectivity index is 2.45. The van der Waals surface area contributed by atoms with Crippen LogP contribution in [0.25, 0.3) is 0 Å². The lowest BCUT2D eigenvalue weighted by Gasteiger charge is -2.18. The molecule has 0 radical (unpaired) electrons. The van der Waals surface area contributed by atoms with Gasteiger partial charge < -0.3 is 10.2 Å². The number of hydrogen-bond acceptors (Lipinski definition) is 2. The van der Waals surface area contributed by atoms with E-state index in [-0.39, 0.29) is 6.61 Å². The summed E-state index contributed by atoms with van der Waals surface area (Å²) in [6, 6.07) is 0. The summed E-state index contributed by atoms with van der Waals surface area (Å²) >= 11 is 0. The van der Waals surface area contributed by atoms with E-state index < -0.39 is 5.60 Å². The van der Waals surface area contributed by atoms with Gasteiger partial charge in [0, 0.05) is 0 Å². The second-order valence-electron chi connectivity index (χ2n) is 3.23. The van der Waals surface area contributed by atoms with Crippen LogP contribution in [0, 0.1) is 5.92 Å². The van der Waals surface area contributed by atoms with E-state index in [0.717, 1.165) is 19.3 Å². The minimum Gasteiger partial charge on any atom is -0.393 e. The first-order valence-corrected chi connectivity index (χ1v) is 3.49. The lowest BCUT2D eigenvalue weighted by atomic mass is 10.0. The molecular formula is C7H14O2. The van der Waals surface area contributed by atoms with E-state index in [2.05, 4.69) is 6.92 Å². The maximum Gasteiger partial charge on any atom is 0.0880 e. The normalized spacial score (nSPS) is 43.7. The lowest BCUT2D eigenvalue weighted by molar-refractivity contribution is -0.0107.